The van der Waals surface area contributed by atoms with Crippen molar-refractivity contribution in [1.29, 1.82) is 0 Å². The Morgan fingerprint density at radius 1 is 1.35 bits per heavy atom. The Balaban J connectivity index is 1.68. The number of aryl methyl sites for hydroxylation is 1. The van der Waals surface area contributed by atoms with Gasteiger partial charge in [-0.3, -0.25) is 9.88 Å². The molecule has 1 aromatic heterocycles. The lowest BCUT2D eigenvalue weighted by atomic mass is 9.72. The van der Waals surface area contributed by atoms with Gasteiger partial charge in [0.05, 0.1) is 11.6 Å². The van der Waals surface area contributed by atoms with E-state index >= 15 is 0 Å². The molecule has 3 fully saturated rings. The molecule has 3 saturated heterocycles. The zero-order valence-electron chi connectivity index (χ0n) is 14.1. The Kier molecular flexibility index (Phi) is 3.86. The lowest BCUT2D eigenvalue weighted by Gasteiger charge is -2.51. The van der Waals surface area contributed by atoms with E-state index in [9.17, 15) is 5.11 Å². The summed E-state index contributed by atoms with van der Waals surface area (Å²) in [5, 5.41) is 12.3. The van der Waals surface area contributed by atoms with Crippen LogP contribution in [-0.2, 0) is 0 Å². The van der Waals surface area contributed by atoms with Crippen LogP contribution in [0.2, 0.25) is 0 Å². The zero-order chi connectivity index (χ0) is 16.0. The molecule has 3 heteroatoms. The number of aliphatic hydroxyl groups is 1. The van der Waals surface area contributed by atoms with E-state index in [1.807, 2.05) is 12.3 Å². The summed E-state index contributed by atoms with van der Waals surface area (Å²) >= 11 is 0. The van der Waals surface area contributed by atoms with E-state index in [4.69, 9.17) is 0 Å². The summed E-state index contributed by atoms with van der Waals surface area (Å²) in [6.45, 7) is 6.70. The quantitative estimate of drug-likeness (QED) is 0.939. The minimum atomic E-state index is -0.414. The third-order valence-electron chi connectivity index (χ3n) is 6.07. The molecule has 0 spiro atoms. The first-order valence-electron chi connectivity index (χ1n) is 8.94. The summed E-state index contributed by atoms with van der Waals surface area (Å²) in [6.07, 6.45) is 5.12. The molecule has 23 heavy (non-hydrogen) atoms. The first kappa shape index (κ1) is 15.1. The maximum Gasteiger partial charge on any atom is 0.0952 e. The lowest BCUT2D eigenvalue weighted by Crippen LogP contribution is -2.55. The fraction of sp³-hybridized carbons (Fsp3) is 0.550. The predicted molar refractivity (Wildman–Crippen MR) is 93.3 cm³/mol. The Hall–Kier alpha value is -1.45. The highest BCUT2D eigenvalue weighted by atomic mass is 16.3. The van der Waals surface area contributed by atoms with Gasteiger partial charge in [-0.2, -0.15) is 0 Å². The number of aromatic nitrogens is 1. The molecule has 1 aromatic carbocycles. The molecule has 3 nitrogen and oxygen atoms in total. The summed E-state index contributed by atoms with van der Waals surface area (Å²) in [5.74, 6) is 1.61. The number of pyridine rings is 1. The Morgan fingerprint density at radius 2 is 2.22 bits per heavy atom. The first-order valence-corrected chi connectivity index (χ1v) is 8.94. The molecule has 0 radical (unpaired) electrons. The summed E-state index contributed by atoms with van der Waals surface area (Å²) in [5.41, 5.74) is 3.24. The molecule has 0 amide bonds. The topological polar surface area (TPSA) is 36.4 Å². The van der Waals surface area contributed by atoms with E-state index in [0.717, 1.165) is 47.8 Å². The van der Waals surface area contributed by atoms with Crippen LogP contribution in [0.5, 0.6) is 0 Å². The van der Waals surface area contributed by atoms with Crippen molar-refractivity contribution in [1.82, 2.24) is 9.88 Å². The smallest absolute Gasteiger partial charge is 0.0952 e. The van der Waals surface area contributed by atoms with Gasteiger partial charge in [0.25, 0.3) is 0 Å². The van der Waals surface area contributed by atoms with Gasteiger partial charge in [-0.1, -0.05) is 25.0 Å². The molecule has 0 saturated carbocycles. The van der Waals surface area contributed by atoms with Gasteiger partial charge in [0.1, 0.15) is 0 Å². The van der Waals surface area contributed by atoms with Crippen LogP contribution in [0.1, 0.15) is 43.4 Å². The number of piperidine rings is 3. The normalized spacial score (nSPS) is 31.4. The van der Waals surface area contributed by atoms with Gasteiger partial charge in [0, 0.05) is 24.2 Å². The van der Waals surface area contributed by atoms with Crippen molar-refractivity contribution in [3.05, 3.63) is 41.6 Å². The van der Waals surface area contributed by atoms with Crippen molar-refractivity contribution in [2.75, 3.05) is 13.1 Å². The molecular formula is C20H26N2O. The number of fused-ring (bicyclic) bond motifs is 4. The van der Waals surface area contributed by atoms with E-state index in [1.165, 1.54) is 18.4 Å². The fourth-order valence-electron chi connectivity index (χ4n) is 4.72. The minimum Gasteiger partial charge on any atom is -0.387 e. The van der Waals surface area contributed by atoms with E-state index < -0.39 is 6.10 Å². The second-order valence-electron chi connectivity index (χ2n) is 7.38. The third-order valence-corrected chi connectivity index (χ3v) is 6.07. The number of hydrogen-bond donors (Lipinski definition) is 1. The molecule has 2 bridgehead atoms. The molecule has 3 aliphatic rings. The molecule has 4 heterocycles. The SMILES string of the molecule is CCC1CN2CCC1CC2[C@@H](O)c1ccnc2ccc(C)cc12. The van der Waals surface area contributed by atoms with Crippen LogP contribution in [0.3, 0.4) is 0 Å². The zero-order valence-corrected chi connectivity index (χ0v) is 14.1. The predicted octanol–water partition coefficient (Wildman–Crippen LogP) is 3.70. The lowest BCUT2D eigenvalue weighted by molar-refractivity contribution is -0.0562. The van der Waals surface area contributed by atoms with Gasteiger partial charge in [-0.25, -0.2) is 0 Å². The van der Waals surface area contributed by atoms with Gasteiger partial charge >= 0.3 is 0 Å². The standard InChI is InChI=1S/C20H26N2O/c1-3-14-12-22-9-7-15(14)11-19(22)20(23)16-6-8-21-18-5-4-13(2)10-17(16)18/h4-6,8,10,14-15,19-20,23H,3,7,9,11-12H2,1-2H3/t14?,15?,19?,20-/m0/s1. The minimum absolute atomic E-state index is 0.266. The summed E-state index contributed by atoms with van der Waals surface area (Å²) in [6, 6.07) is 8.58. The number of rotatable bonds is 3. The average Bonchev–Trinajstić information content (AvgIpc) is 2.60. The monoisotopic (exact) mass is 310 g/mol. The van der Waals surface area contributed by atoms with Gasteiger partial charge in [-0.15, -0.1) is 0 Å². The Labute approximate surface area is 138 Å². The summed E-state index contributed by atoms with van der Waals surface area (Å²) < 4.78 is 0. The molecule has 5 rings (SSSR count). The van der Waals surface area contributed by atoms with E-state index in [2.05, 4.69) is 41.9 Å². The van der Waals surface area contributed by atoms with Gasteiger partial charge in [0.2, 0.25) is 0 Å². The van der Waals surface area contributed by atoms with Crippen molar-refractivity contribution in [3.8, 4) is 0 Å². The second kappa shape index (κ2) is 5.88. The van der Waals surface area contributed by atoms with Crippen molar-refractivity contribution in [2.24, 2.45) is 11.8 Å². The maximum atomic E-state index is 11.1. The molecule has 1 N–H and O–H groups in total. The average molecular weight is 310 g/mol. The van der Waals surface area contributed by atoms with Crippen molar-refractivity contribution >= 4 is 10.9 Å². The van der Waals surface area contributed by atoms with Crippen LogP contribution in [0.25, 0.3) is 10.9 Å². The van der Waals surface area contributed by atoms with E-state index in [1.54, 1.807) is 0 Å². The molecule has 122 valence electrons. The van der Waals surface area contributed by atoms with Gasteiger partial charge in [0.15, 0.2) is 0 Å². The molecule has 5 atom stereocenters. The Bertz CT molecular complexity index is 714. The van der Waals surface area contributed by atoms with E-state index in [0.29, 0.717) is 0 Å². The van der Waals surface area contributed by atoms with Crippen LogP contribution in [0, 0.1) is 18.8 Å². The van der Waals surface area contributed by atoms with E-state index in [-0.39, 0.29) is 6.04 Å². The number of hydrogen-bond acceptors (Lipinski definition) is 3. The van der Waals surface area contributed by atoms with Crippen LogP contribution in [-0.4, -0.2) is 34.1 Å². The molecule has 4 unspecified atom stereocenters. The summed E-state index contributed by atoms with van der Waals surface area (Å²) in [7, 11) is 0. The third kappa shape index (κ3) is 2.56. The molecule has 2 aromatic rings. The van der Waals surface area contributed by atoms with Crippen LogP contribution < -0.4 is 0 Å². The molecule has 0 aliphatic carbocycles. The van der Waals surface area contributed by atoms with Crippen molar-refractivity contribution < 1.29 is 5.11 Å². The van der Waals surface area contributed by atoms with Gasteiger partial charge < -0.3 is 5.11 Å². The largest absolute Gasteiger partial charge is 0.387 e. The fourth-order valence-corrected chi connectivity index (χ4v) is 4.72. The van der Waals surface area contributed by atoms with Crippen LogP contribution in [0.15, 0.2) is 30.5 Å². The maximum absolute atomic E-state index is 11.1. The summed E-state index contributed by atoms with van der Waals surface area (Å²) in [4.78, 5) is 6.99. The van der Waals surface area contributed by atoms with Crippen LogP contribution in [0.4, 0.5) is 0 Å². The first-order chi connectivity index (χ1) is 11.2. The highest BCUT2D eigenvalue weighted by Gasteiger charge is 2.42. The second-order valence-corrected chi connectivity index (χ2v) is 7.38. The number of nitrogens with zero attached hydrogens (tertiary/aromatic N) is 2. The Morgan fingerprint density at radius 3 is 2.96 bits per heavy atom. The number of aliphatic hydroxyl groups excluding tert-OH is 1. The molecular weight excluding hydrogens is 284 g/mol. The highest BCUT2D eigenvalue weighted by Crippen LogP contribution is 2.42. The number of benzene rings is 1. The highest BCUT2D eigenvalue weighted by molar-refractivity contribution is 5.83. The molecule has 3 aliphatic heterocycles. The van der Waals surface area contributed by atoms with Crippen LogP contribution >= 0.6 is 0 Å². The van der Waals surface area contributed by atoms with Crippen molar-refractivity contribution in [2.45, 2.75) is 45.3 Å². The van der Waals surface area contributed by atoms with Gasteiger partial charge in [-0.05, 0) is 61.9 Å². The van der Waals surface area contributed by atoms with Crippen molar-refractivity contribution in [3.63, 3.8) is 0 Å².